The van der Waals surface area contributed by atoms with E-state index >= 15 is 0 Å². The highest BCUT2D eigenvalue weighted by molar-refractivity contribution is 6.07. The number of nitro benzene ring substituents is 1. The van der Waals surface area contributed by atoms with E-state index in [0.29, 0.717) is 5.56 Å². The lowest BCUT2D eigenvalue weighted by atomic mass is 9.85. The van der Waals surface area contributed by atoms with Crippen LogP contribution in [-0.2, 0) is 9.59 Å². The lowest BCUT2D eigenvalue weighted by Gasteiger charge is -2.18. The van der Waals surface area contributed by atoms with E-state index < -0.39 is 4.92 Å². The average molecular weight is 337 g/mol. The fraction of sp³-hybridized carbons (Fsp3) is 0.389. The first-order chi connectivity index (χ1) is 12.0. The van der Waals surface area contributed by atoms with E-state index in [2.05, 4.69) is 17.3 Å². The van der Waals surface area contributed by atoms with Crippen LogP contribution >= 0.6 is 0 Å². The number of imide groups is 1. The monoisotopic (exact) mass is 337 g/mol. The molecule has 4 atom stereocenters. The van der Waals surface area contributed by atoms with Crippen molar-refractivity contribution >= 4 is 23.7 Å². The molecule has 3 fully saturated rings. The minimum Gasteiger partial charge on any atom is -0.272 e. The lowest BCUT2D eigenvalue weighted by molar-refractivity contribution is -0.384. The molecule has 1 aromatic carbocycles. The molecule has 2 saturated carbocycles. The van der Waals surface area contributed by atoms with Crippen LogP contribution < -0.4 is 0 Å². The molecule has 1 aromatic rings. The molecule has 2 bridgehead atoms. The molecule has 0 unspecified atom stereocenters. The van der Waals surface area contributed by atoms with E-state index in [1.54, 1.807) is 0 Å². The Morgan fingerprint density at radius 2 is 1.64 bits per heavy atom. The van der Waals surface area contributed by atoms with Gasteiger partial charge in [-0.15, -0.1) is 0 Å². The summed E-state index contributed by atoms with van der Waals surface area (Å²) in [5.41, 5.74) is 0.759. The van der Waals surface area contributed by atoms with Crippen molar-refractivity contribution in [3.63, 3.8) is 0 Å². The number of hydrazone groups is 1. The van der Waals surface area contributed by atoms with Crippen LogP contribution in [0.3, 0.4) is 0 Å². The molecule has 25 heavy (non-hydrogen) atoms. The Morgan fingerprint density at radius 1 is 1.08 bits per heavy atom. The van der Waals surface area contributed by atoms with Gasteiger partial charge in [-0.05, 0) is 47.8 Å². The van der Waals surface area contributed by atoms with Gasteiger partial charge in [0.25, 0.3) is 17.5 Å². The predicted molar refractivity (Wildman–Crippen MR) is 87.3 cm³/mol. The number of carbonyl (C=O) groups is 2. The smallest absolute Gasteiger partial charge is 0.269 e. The second-order valence-corrected chi connectivity index (χ2v) is 7.30. The highest BCUT2D eigenvalue weighted by Gasteiger charge is 2.73. The van der Waals surface area contributed by atoms with E-state index in [0.717, 1.165) is 17.9 Å². The molecule has 1 spiro atoms. The summed E-state index contributed by atoms with van der Waals surface area (Å²) >= 11 is 0. The molecule has 7 heteroatoms. The Morgan fingerprint density at radius 3 is 2.12 bits per heavy atom. The largest absolute Gasteiger partial charge is 0.272 e. The summed E-state index contributed by atoms with van der Waals surface area (Å²) in [4.78, 5) is 35.7. The first-order valence-corrected chi connectivity index (χ1v) is 8.37. The molecule has 1 heterocycles. The third kappa shape index (κ3) is 1.78. The van der Waals surface area contributed by atoms with Gasteiger partial charge in [0.05, 0.1) is 23.0 Å². The second-order valence-electron chi connectivity index (χ2n) is 7.30. The summed E-state index contributed by atoms with van der Waals surface area (Å²) in [6.07, 6.45) is 7.85. The molecule has 4 aliphatic rings. The number of nitrogens with zero attached hydrogens (tertiary/aromatic N) is 3. The van der Waals surface area contributed by atoms with Crippen molar-refractivity contribution in [1.82, 2.24) is 5.01 Å². The summed E-state index contributed by atoms with van der Waals surface area (Å²) in [5.74, 6) is -0.595. The molecule has 1 aliphatic heterocycles. The highest BCUT2D eigenvalue weighted by Crippen LogP contribution is 2.73. The van der Waals surface area contributed by atoms with Gasteiger partial charge in [-0.25, -0.2) is 0 Å². The van der Waals surface area contributed by atoms with Gasteiger partial charge in [-0.3, -0.25) is 19.7 Å². The SMILES string of the molecule is O=C1[C@@H]2[C@H](C(=O)N1/N=C\c1ccc([N+](=O)[O-])cc1)[C@H]1C=C[C@@H]2C12CC2. The Hall–Kier alpha value is -2.83. The van der Waals surface area contributed by atoms with Crippen LogP contribution in [0.4, 0.5) is 5.69 Å². The van der Waals surface area contributed by atoms with Gasteiger partial charge in [0.1, 0.15) is 0 Å². The number of rotatable bonds is 3. The van der Waals surface area contributed by atoms with Crippen molar-refractivity contribution in [2.45, 2.75) is 12.8 Å². The molecular formula is C18H15N3O4. The van der Waals surface area contributed by atoms with Gasteiger partial charge in [-0.2, -0.15) is 10.1 Å². The number of hydrogen-bond donors (Lipinski definition) is 0. The van der Waals surface area contributed by atoms with Crippen molar-refractivity contribution in [3.05, 3.63) is 52.1 Å². The maximum Gasteiger partial charge on any atom is 0.269 e. The molecule has 1 saturated heterocycles. The van der Waals surface area contributed by atoms with Crippen LogP contribution in [0.1, 0.15) is 18.4 Å². The number of benzene rings is 1. The maximum absolute atomic E-state index is 12.7. The molecule has 3 aliphatic carbocycles. The number of amides is 2. The lowest BCUT2D eigenvalue weighted by Crippen LogP contribution is -2.30. The fourth-order valence-corrected chi connectivity index (χ4v) is 4.98. The van der Waals surface area contributed by atoms with Crippen molar-refractivity contribution in [1.29, 1.82) is 0 Å². The number of fused-ring (bicyclic) bond motifs is 3. The number of carbonyl (C=O) groups excluding carboxylic acids is 2. The number of hydrogen-bond acceptors (Lipinski definition) is 5. The molecular weight excluding hydrogens is 322 g/mol. The van der Waals surface area contributed by atoms with Gasteiger partial charge in [-0.1, -0.05) is 12.2 Å². The highest BCUT2D eigenvalue weighted by atomic mass is 16.6. The summed E-state index contributed by atoms with van der Waals surface area (Å²) in [6.45, 7) is 0. The van der Waals surface area contributed by atoms with Gasteiger partial charge in [0.15, 0.2) is 0 Å². The normalized spacial score (nSPS) is 33.7. The summed E-state index contributed by atoms with van der Waals surface area (Å²) < 4.78 is 0. The van der Waals surface area contributed by atoms with E-state index in [4.69, 9.17) is 0 Å². The zero-order valence-electron chi connectivity index (χ0n) is 13.2. The molecule has 7 nitrogen and oxygen atoms in total. The Kier molecular flexibility index (Phi) is 2.68. The van der Waals surface area contributed by atoms with Crippen LogP contribution in [0, 0.1) is 39.2 Å². The van der Waals surface area contributed by atoms with Gasteiger partial charge in [0, 0.05) is 12.1 Å². The van der Waals surface area contributed by atoms with Gasteiger partial charge >= 0.3 is 0 Å². The van der Waals surface area contributed by atoms with E-state index in [1.807, 2.05) is 0 Å². The third-order valence-electron chi connectivity index (χ3n) is 6.26. The molecule has 5 rings (SSSR count). The molecule has 126 valence electrons. The zero-order chi connectivity index (χ0) is 17.3. The minimum atomic E-state index is -0.480. The summed E-state index contributed by atoms with van der Waals surface area (Å²) in [6, 6.07) is 5.81. The first-order valence-electron chi connectivity index (χ1n) is 8.37. The van der Waals surface area contributed by atoms with Crippen LogP contribution in [0.5, 0.6) is 0 Å². The Balaban J connectivity index is 1.39. The average Bonchev–Trinajstić information content (AvgIpc) is 3.20. The Labute approximate surface area is 143 Å². The maximum atomic E-state index is 12.7. The van der Waals surface area contributed by atoms with Crippen molar-refractivity contribution < 1.29 is 14.5 Å². The molecule has 0 aromatic heterocycles. The summed E-state index contributed by atoms with van der Waals surface area (Å²) in [5, 5.41) is 15.8. The fourth-order valence-electron chi connectivity index (χ4n) is 4.98. The van der Waals surface area contributed by atoms with Gasteiger partial charge < -0.3 is 0 Å². The third-order valence-corrected chi connectivity index (χ3v) is 6.26. The topological polar surface area (TPSA) is 92.9 Å². The molecule has 0 N–H and O–H groups in total. The van der Waals surface area contributed by atoms with Crippen LogP contribution in [0.15, 0.2) is 41.5 Å². The Bertz CT molecular complexity index is 835. The molecule has 0 radical (unpaired) electrons. The summed E-state index contributed by atoms with van der Waals surface area (Å²) in [7, 11) is 0. The quantitative estimate of drug-likeness (QED) is 0.278. The van der Waals surface area contributed by atoms with E-state index in [9.17, 15) is 19.7 Å². The number of nitro groups is 1. The standard InChI is InChI=1S/C18H15N3O4/c22-16-14-12-5-6-13(18(12)7-8-18)15(14)17(23)20(16)19-9-10-1-3-11(4-2-10)21(24)25/h1-6,9,12-15H,7-8H2/b19-9-/t12-,13+,14-,15+. The van der Waals surface area contributed by atoms with Crippen LogP contribution in [0.2, 0.25) is 0 Å². The number of non-ortho nitro benzene ring substituents is 1. The predicted octanol–water partition coefficient (Wildman–Crippen LogP) is 2.13. The van der Waals surface area contributed by atoms with Crippen LogP contribution in [-0.4, -0.2) is 28.0 Å². The first kappa shape index (κ1) is 14.5. The van der Waals surface area contributed by atoms with Crippen molar-refractivity contribution in [2.75, 3.05) is 0 Å². The van der Waals surface area contributed by atoms with Crippen molar-refractivity contribution in [2.24, 2.45) is 34.2 Å². The molecule has 2 amide bonds. The second kappa shape index (κ2) is 4.62. The van der Waals surface area contributed by atoms with E-state index in [-0.39, 0.29) is 46.6 Å². The van der Waals surface area contributed by atoms with Crippen molar-refractivity contribution in [3.8, 4) is 0 Å². The zero-order valence-corrected chi connectivity index (χ0v) is 13.2. The van der Waals surface area contributed by atoms with Crippen LogP contribution in [0.25, 0.3) is 0 Å². The van der Waals surface area contributed by atoms with Gasteiger partial charge in [0.2, 0.25) is 0 Å². The number of allylic oxidation sites excluding steroid dienone is 2. The van der Waals surface area contributed by atoms with E-state index in [1.165, 1.54) is 30.5 Å². The minimum absolute atomic E-state index is 0.0163.